The van der Waals surface area contributed by atoms with E-state index in [0.717, 1.165) is 5.82 Å². The smallest absolute Gasteiger partial charge is 0.126 e. The normalized spacial score (nSPS) is 18.9. The summed E-state index contributed by atoms with van der Waals surface area (Å²) < 4.78 is 0. The fourth-order valence-corrected chi connectivity index (χ4v) is 2.53. The van der Waals surface area contributed by atoms with Crippen molar-refractivity contribution >= 4 is 5.82 Å². The Morgan fingerprint density at radius 2 is 1.89 bits per heavy atom. The van der Waals surface area contributed by atoms with Gasteiger partial charge in [-0.3, -0.25) is 0 Å². The molecule has 1 aromatic heterocycles. The summed E-state index contributed by atoms with van der Waals surface area (Å²) in [6, 6.07) is 5.00. The van der Waals surface area contributed by atoms with E-state index in [4.69, 9.17) is 0 Å². The van der Waals surface area contributed by atoms with Gasteiger partial charge in [-0.25, -0.2) is 4.98 Å². The highest BCUT2D eigenvalue weighted by molar-refractivity contribution is 5.37. The van der Waals surface area contributed by atoms with Crippen molar-refractivity contribution in [2.45, 2.75) is 65.3 Å². The molecule has 0 radical (unpaired) electrons. The van der Waals surface area contributed by atoms with Crippen LogP contribution >= 0.6 is 0 Å². The van der Waals surface area contributed by atoms with Crippen LogP contribution in [0.1, 0.15) is 64.9 Å². The molecule has 1 aromatic rings. The molecule has 0 aliphatic heterocycles. The molecule has 0 bridgehead atoms. The van der Waals surface area contributed by atoms with Crippen molar-refractivity contribution in [3.05, 3.63) is 23.9 Å². The number of hydrogen-bond donors (Lipinski definition) is 1. The molecular weight excluding hydrogens is 220 g/mol. The Bertz CT molecular complexity index is 369. The number of rotatable bonds is 3. The first-order chi connectivity index (χ1) is 8.47. The third-order valence-electron chi connectivity index (χ3n) is 4.29. The van der Waals surface area contributed by atoms with Gasteiger partial charge in [-0.2, -0.15) is 0 Å². The Kier molecular flexibility index (Phi) is 3.94. The molecular formula is C16H26N2. The average Bonchev–Trinajstić information content (AvgIpc) is 2.81. The monoisotopic (exact) mass is 246 g/mol. The van der Waals surface area contributed by atoms with E-state index in [9.17, 15) is 0 Å². The average molecular weight is 246 g/mol. The Hall–Kier alpha value is -1.05. The van der Waals surface area contributed by atoms with Crippen molar-refractivity contribution < 1.29 is 0 Å². The van der Waals surface area contributed by atoms with Gasteiger partial charge in [0.1, 0.15) is 5.82 Å². The van der Waals surface area contributed by atoms with Gasteiger partial charge in [-0.05, 0) is 35.8 Å². The zero-order chi connectivity index (χ0) is 13.2. The van der Waals surface area contributed by atoms with E-state index < -0.39 is 0 Å². The Morgan fingerprint density at radius 3 is 2.39 bits per heavy atom. The standard InChI is InChI=1S/C16H26N2/c1-12(16(2,3)4)13-9-10-15(17-11-13)18-14-7-5-6-8-14/h9-12,14H,5-8H2,1-4H3,(H,17,18). The molecule has 1 atom stereocenters. The molecule has 1 aliphatic rings. The number of aromatic nitrogens is 1. The highest BCUT2D eigenvalue weighted by atomic mass is 15.0. The van der Waals surface area contributed by atoms with Crippen molar-refractivity contribution in [2.24, 2.45) is 5.41 Å². The molecule has 1 aliphatic carbocycles. The van der Waals surface area contributed by atoms with Crippen molar-refractivity contribution in [1.29, 1.82) is 0 Å². The first kappa shape index (κ1) is 13.4. The van der Waals surface area contributed by atoms with Gasteiger partial charge in [0, 0.05) is 12.2 Å². The van der Waals surface area contributed by atoms with Crippen LogP contribution < -0.4 is 5.32 Å². The van der Waals surface area contributed by atoms with E-state index in [-0.39, 0.29) is 0 Å². The lowest BCUT2D eigenvalue weighted by Crippen LogP contribution is -2.17. The number of hydrogen-bond acceptors (Lipinski definition) is 2. The first-order valence-corrected chi connectivity index (χ1v) is 7.19. The molecule has 2 rings (SSSR count). The van der Waals surface area contributed by atoms with Crippen LogP contribution in [0.5, 0.6) is 0 Å². The molecule has 100 valence electrons. The van der Waals surface area contributed by atoms with Gasteiger partial charge in [0.2, 0.25) is 0 Å². The summed E-state index contributed by atoms with van der Waals surface area (Å²) in [6.07, 6.45) is 7.34. The minimum absolute atomic E-state index is 0.294. The van der Waals surface area contributed by atoms with Crippen LogP contribution in [0.4, 0.5) is 5.82 Å². The number of nitrogens with one attached hydrogen (secondary N) is 1. The quantitative estimate of drug-likeness (QED) is 0.844. The summed E-state index contributed by atoms with van der Waals surface area (Å²) >= 11 is 0. The second kappa shape index (κ2) is 5.29. The van der Waals surface area contributed by atoms with Gasteiger partial charge >= 0.3 is 0 Å². The summed E-state index contributed by atoms with van der Waals surface area (Å²) in [5.74, 6) is 1.57. The van der Waals surface area contributed by atoms with E-state index >= 15 is 0 Å². The molecule has 0 spiro atoms. The van der Waals surface area contributed by atoms with Gasteiger partial charge in [0.15, 0.2) is 0 Å². The maximum Gasteiger partial charge on any atom is 0.126 e. The second-order valence-corrected chi connectivity index (χ2v) is 6.69. The van der Waals surface area contributed by atoms with E-state index in [1.54, 1.807) is 0 Å². The van der Waals surface area contributed by atoms with Crippen molar-refractivity contribution in [3.8, 4) is 0 Å². The minimum atomic E-state index is 0.294. The summed E-state index contributed by atoms with van der Waals surface area (Å²) in [5, 5.41) is 3.53. The third kappa shape index (κ3) is 3.24. The fraction of sp³-hybridized carbons (Fsp3) is 0.688. The van der Waals surface area contributed by atoms with E-state index in [2.05, 4.69) is 50.1 Å². The predicted molar refractivity (Wildman–Crippen MR) is 78.0 cm³/mol. The number of pyridine rings is 1. The van der Waals surface area contributed by atoms with E-state index in [1.165, 1.54) is 31.2 Å². The SMILES string of the molecule is CC(c1ccc(NC2CCCC2)nc1)C(C)(C)C. The van der Waals surface area contributed by atoms with E-state index in [0.29, 0.717) is 17.4 Å². The lowest BCUT2D eigenvalue weighted by molar-refractivity contribution is 0.339. The Morgan fingerprint density at radius 1 is 1.22 bits per heavy atom. The van der Waals surface area contributed by atoms with Crippen LogP contribution in [0.25, 0.3) is 0 Å². The zero-order valence-corrected chi connectivity index (χ0v) is 12.2. The topological polar surface area (TPSA) is 24.9 Å². The molecule has 2 nitrogen and oxygen atoms in total. The summed E-state index contributed by atoms with van der Waals surface area (Å²) in [6.45, 7) is 9.12. The fourth-order valence-electron chi connectivity index (χ4n) is 2.53. The highest BCUT2D eigenvalue weighted by Crippen LogP contribution is 2.34. The lowest BCUT2D eigenvalue weighted by Gasteiger charge is -2.27. The molecule has 1 N–H and O–H groups in total. The van der Waals surface area contributed by atoms with Gasteiger partial charge < -0.3 is 5.32 Å². The van der Waals surface area contributed by atoms with Crippen LogP contribution in [-0.2, 0) is 0 Å². The Balaban J connectivity index is 2.00. The number of anilines is 1. The number of nitrogens with zero attached hydrogens (tertiary/aromatic N) is 1. The highest BCUT2D eigenvalue weighted by Gasteiger charge is 2.22. The second-order valence-electron chi connectivity index (χ2n) is 6.69. The molecule has 1 saturated carbocycles. The molecule has 0 saturated heterocycles. The van der Waals surface area contributed by atoms with Crippen LogP contribution in [0.3, 0.4) is 0 Å². The first-order valence-electron chi connectivity index (χ1n) is 7.19. The van der Waals surface area contributed by atoms with Gasteiger partial charge in [-0.15, -0.1) is 0 Å². The van der Waals surface area contributed by atoms with E-state index in [1.807, 2.05) is 6.20 Å². The van der Waals surface area contributed by atoms with Crippen LogP contribution in [0, 0.1) is 5.41 Å². The van der Waals surface area contributed by atoms with Crippen LogP contribution in [-0.4, -0.2) is 11.0 Å². The summed E-state index contributed by atoms with van der Waals surface area (Å²) in [5.41, 5.74) is 1.63. The van der Waals surface area contributed by atoms with Crippen LogP contribution in [0.15, 0.2) is 18.3 Å². The van der Waals surface area contributed by atoms with Crippen molar-refractivity contribution in [1.82, 2.24) is 4.98 Å². The van der Waals surface area contributed by atoms with Crippen molar-refractivity contribution in [3.63, 3.8) is 0 Å². The lowest BCUT2D eigenvalue weighted by atomic mass is 9.78. The molecule has 1 heterocycles. The molecule has 1 fully saturated rings. The van der Waals surface area contributed by atoms with Gasteiger partial charge in [-0.1, -0.05) is 46.6 Å². The molecule has 18 heavy (non-hydrogen) atoms. The van der Waals surface area contributed by atoms with Gasteiger partial charge in [0.05, 0.1) is 0 Å². The predicted octanol–water partition coefficient (Wildman–Crippen LogP) is 4.59. The zero-order valence-electron chi connectivity index (χ0n) is 12.2. The van der Waals surface area contributed by atoms with Crippen LogP contribution in [0.2, 0.25) is 0 Å². The molecule has 0 amide bonds. The summed E-state index contributed by atoms with van der Waals surface area (Å²) in [4.78, 5) is 4.57. The van der Waals surface area contributed by atoms with Crippen molar-refractivity contribution in [2.75, 3.05) is 5.32 Å². The van der Waals surface area contributed by atoms with Gasteiger partial charge in [0.25, 0.3) is 0 Å². The molecule has 2 heteroatoms. The summed E-state index contributed by atoms with van der Waals surface area (Å²) in [7, 11) is 0. The molecule has 0 aromatic carbocycles. The minimum Gasteiger partial charge on any atom is -0.367 e. The maximum absolute atomic E-state index is 4.57. The largest absolute Gasteiger partial charge is 0.367 e. The molecule has 1 unspecified atom stereocenters. The third-order valence-corrected chi connectivity index (χ3v) is 4.29. The Labute approximate surface area is 111 Å². The maximum atomic E-state index is 4.57.